The maximum atomic E-state index is 10.3. The molecular formula is C45H46Fe2N2O9-2. The van der Waals surface area contributed by atoms with Crippen LogP contribution in [0.5, 0.6) is 17.2 Å². The molecule has 2 fully saturated rings. The molecule has 6 atom stereocenters. The molecule has 4 bridgehead atoms. The number of hydrogen-bond acceptors (Lipinski definition) is 5. The minimum Gasteiger partial charge on any atom is -0.358 e. The number of likely N-dealkylation sites (N-methyl/N-ethyl adjacent to an activating group) is 2. The normalized spacial score (nSPS) is 26.1. The summed E-state index contributed by atoms with van der Waals surface area (Å²) >= 11 is 0. The molecule has 4 heterocycles. The van der Waals surface area contributed by atoms with E-state index in [9.17, 15) is 5.11 Å². The molecule has 4 aliphatic carbocycles. The first kappa shape index (κ1) is 56.3. The summed E-state index contributed by atoms with van der Waals surface area (Å²) in [7, 11) is 4.50. The van der Waals surface area contributed by atoms with Crippen LogP contribution in [0.25, 0.3) is 0 Å². The van der Waals surface area contributed by atoms with E-state index in [0.29, 0.717) is 17.8 Å². The number of allylic oxidation sites excluding steroid dienone is 4. The Morgan fingerprint density at radius 1 is 0.586 bits per heavy atom. The van der Waals surface area contributed by atoms with Crippen molar-refractivity contribution in [1.29, 1.82) is 0 Å². The van der Waals surface area contributed by atoms with Gasteiger partial charge in [-0.15, -0.1) is 0 Å². The zero-order valence-corrected chi connectivity index (χ0v) is 35.7. The van der Waals surface area contributed by atoms with Crippen LogP contribution in [0.2, 0.25) is 0 Å². The minimum absolute atomic E-state index is 0. The number of nitrogens with zero attached hydrogens (tertiary/aromatic N) is 2. The number of likely N-dealkylation sites (tertiary alicyclic amines) is 2. The van der Waals surface area contributed by atoms with Gasteiger partial charge in [0, 0.05) is 57.3 Å². The molecule has 0 amide bonds. The Balaban J connectivity index is 0. The van der Waals surface area contributed by atoms with Gasteiger partial charge in [0.05, 0.1) is 10.8 Å². The molecule has 2 aromatic carbocycles. The quantitative estimate of drug-likeness (QED) is 0.185. The van der Waals surface area contributed by atoms with Crippen LogP contribution in [-0.4, -0.2) is 66.4 Å². The minimum atomic E-state index is -0.0301. The van der Waals surface area contributed by atoms with E-state index in [1.807, 2.05) is 0 Å². The van der Waals surface area contributed by atoms with E-state index in [-0.39, 0.29) is 72.0 Å². The second-order valence-electron chi connectivity index (χ2n) is 14.1. The summed E-state index contributed by atoms with van der Waals surface area (Å²) in [6.07, 6.45) is 13.9. The molecule has 0 aromatic heterocycles. The molecule has 0 unspecified atom stereocenters. The number of aromatic hydroxyl groups is 1. The monoisotopic (exact) mass is 870 g/mol. The van der Waals surface area contributed by atoms with Gasteiger partial charge in [-0.2, -0.15) is 0 Å². The van der Waals surface area contributed by atoms with Gasteiger partial charge in [-0.25, -0.2) is 0 Å². The number of hydrogen-bond donors (Lipinski definition) is 1. The Kier molecular flexibility index (Phi) is 23.0. The summed E-state index contributed by atoms with van der Waals surface area (Å²) in [5.74, 6) is 2.21. The standard InChI is InChI=1S/C19H21NO.C18H19NO2.6CO.2CH3.2Fe/c1-11-4-6-13-10-15-14-7-5-12(2)18-19(14,8-9-20(15)3)16(13)17(11)21-18;1-10-3-5-12-13-9-11-4-6-14(20)16-15(11)18(12,17(10)21-16)7-8-19(13)2;6*1-2;;;;/h4-7,15,18H,8-10H2,1-3H3;3-6,13,17,20H,7-9H2,1-2H3;;;;;;;2*1H3;;/q;;;;;;;;2*-1;;/t15-,18+,19+;13-,17+,18+;;;;;;;;;;/m11........../s1. The van der Waals surface area contributed by atoms with Gasteiger partial charge in [0.25, 0.3) is 0 Å². The molecule has 0 saturated carbocycles. The predicted molar refractivity (Wildman–Crippen MR) is 201 cm³/mol. The smallest absolute Gasteiger partial charge is 0 e. The number of phenols is 1. The van der Waals surface area contributed by atoms with Crippen molar-refractivity contribution < 1.29 is 76.6 Å². The molecule has 1 N–H and O–H groups in total. The zero-order valence-electron chi connectivity index (χ0n) is 33.5. The van der Waals surface area contributed by atoms with Crippen molar-refractivity contribution >= 4 is 0 Å². The first-order valence-electron chi connectivity index (χ1n) is 17.0. The molecular weight excluding hydrogens is 824 g/mol. The maximum Gasteiger partial charge on any atom is 0 e. The number of piperidine rings is 2. The SMILES string of the molecule is CC1=CC=C2[C@H]3Cc4ccc(C)c5c4[C@@]2(CCN3C)[C@H]1O5.CC1=CC=C2[C@H]3Cc4ccc(O)c5c4[C@@]2(CCN3C)[C@H]1O5.[C-]#[O+].[C-]#[O+].[C-]#[O+].[C-]#[O+].[C-]#[O+].[C-]#[O+].[CH3-].[CH3-].[Fe].[Fe]. The largest absolute Gasteiger partial charge is 0.358 e. The van der Waals surface area contributed by atoms with E-state index in [2.05, 4.69) is 127 Å². The summed E-state index contributed by atoms with van der Waals surface area (Å²) in [6.45, 7) is 35.8. The molecule has 58 heavy (non-hydrogen) atoms. The third kappa shape index (κ3) is 8.33. The van der Waals surface area contributed by atoms with Crippen molar-refractivity contribution in [2.24, 2.45) is 0 Å². The number of ether oxygens (including phenoxy) is 2. The third-order valence-electron chi connectivity index (χ3n) is 12.2. The van der Waals surface area contributed by atoms with Crippen LogP contribution < -0.4 is 9.47 Å². The Morgan fingerprint density at radius 2 is 0.948 bits per heavy atom. The second-order valence-corrected chi connectivity index (χ2v) is 14.1. The van der Waals surface area contributed by atoms with Crippen LogP contribution in [0.1, 0.15) is 54.5 Å². The summed E-state index contributed by atoms with van der Waals surface area (Å²) in [5, 5.41) is 10.3. The Bertz CT molecular complexity index is 1850. The Morgan fingerprint density at radius 3 is 1.36 bits per heavy atom. The fraction of sp³-hybridized carbons (Fsp3) is 0.378. The summed E-state index contributed by atoms with van der Waals surface area (Å²) in [4.78, 5) is 5.00. The fourth-order valence-electron chi connectivity index (χ4n) is 10.2. The van der Waals surface area contributed by atoms with Gasteiger partial charge in [-0.05, 0) is 119 Å². The first-order chi connectivity index (χ1) is 26.3. The van der Waals surface area contributed by atoms with Crippen molar-refractivity contribution in [3.8, 4) is 17.2 Å². The third-order valence-corrected chi connectivity index (χ3v) is 12.2. The van der Waals surface area contributed by atoms with Gasteiger partial charge in [0.1, 0.15) is 18.0 Å². The number of benzene rings is 2. The molecule has 10 rings (SSSR count). The summed E-state index contributed by atoms with van der Waals surface area (Å²) < 4.78 is 57.8. The van der Waals surface area contributed by atoms with Gasteiger partial charge in [0.15, 0.2) is 11.5 Å². The van der Waals surface area contributed by atoms with Crippen molar-refractivity contribution in [3.63, 3.8) is 0 Å². The van der Waals surface area contributed by atoms with Gasteiger partial charge in [-0.3, -0.25) is 9.80 Å². The van der Waals surface area contributed by atoms with Crippen LogP contribution in [0.15, 0.2) is 70.9 Å². The van der Waals surface area contributed by atoms with E-state index in [0.717, 1.165) is 31.6 Å². The summed E-state index contributed by atoms with van der Waals surface area (Å²) in [6, 6.07) is 9.50. The van der Waals surface area contributed by atoms with Gasteiger partial charge < -0.3 is 29.4 Å². The van der Waals surface area contributed by atoms with Crippen molar-refractivity contribution in [2.75, 3.05) is 27.2 Å². The first-order valence-corrected chi connectivity index (χ1v) is 17.0. The second kappa shape index (κ2) is 23.7. The number of rotatable bonds is 0. The number of aryl methyl sites for hydroxylation is 1. The van der Waals surface area contributed by atoms with Crippen molar-refractivity contribution in [3.05, 3.63) is 153 Å². The van der Waals surface area contributed by atoms with Gasteiger partial charge >= 0.3 is 67.8 Å². The molecule has 8 aliphatic rings. The van der Waals surface area contributed by atoms with Gasteiger partial charge in [-0.1, -0.05) is 42.5 Å². The zero-order chi connectivity index (χ0) is 40.7. The average molecular weight is 871 g/mol. The van der Waals surface area contributed by atoms with E-state index in [1.165, 1.54) is 63.3 Å². The van der Waals surface area contributed by atoms with Crippen LogP contribution >= 0.6 is 0 Å². The van der Waals surface area contributed by atoms with Crippen LogP contribution in [0.4, 0.5) is 0 Å². The van der Waals surface area contributed by atoms with Crippen molar-refractivity contribution in [1.82, 2.24) is 9.80 Å². The van der Waals surface area contributed by atoms with E-state index < -0.39 is 0 Å². The van der Waals surface area contributed by atoms with Crippen LogP contribution in [0.3, 0.4) is 0 Å². The van der Waals surface area contributed by atoms with E-state index in [4.69, 9.17) is 37.4 Å². The molecule has 13 heteroatoms. The number of phenolic OH excluding ortho intramolecular Hbond substituents is 1. The molecule has 2 saturated heterocycles. The van der Waals surface area contributed by atoms with Crippen LogP contribution in [-0.2, 0) is 85.7 Å². The maximum absolute atomic E-state index is 10.3. The van der Waals surface area contributed by atoms with Crippen LogP contribution in [0, 0.1) is 61.7 Å². The topological polar surface area (TPSA) is 165 Å². The fourth-order valence-corrected chi connectivity index (χ4v) is 10.2. The summed E-state index contributed by atoms with van der Waals surface area (Å²) in [5.41, 5.74) is 12.8. The predicted octanol–water partition coefficient (Wildman–Crippen LogP) is 6.35. The molecule has 308 valence electrons. The van der Waals surface area contributed by atoms with E-state index >= 15 is 0 Å². The average Bonchev–Trinajstić information content (AvgIpc) is 3.78. The molecule has 0 radical (unpaired) electrons. The molecule has 11 nitrogen and oxygen atoms in total. The van der Waals surface area contributed by atoms with E-state index in [1.54, 1.807) is 11.6 Å². The Labute approximate surface area is 364 Å². The molecule has 2 aromatic rings. The molecule has 2 spiro atoms. The molecule has 4 aliphatic heterocycles. The van der Waals surface area contributed by atoms with Crippen molar-refractivity contribution in [2.45, 2.75) is 81.6 Å². The Hall–Kier alpha value is -3.80. The van der Waals surface area contributed by atoms with Gasteiger partial charge in [0.2, 0.25) is 0 Å².